The van der Waals surface area contributed by atoms with E-state index in [1.165, 1.54) is 0 Å². The van der Waals surface area contributed by atoms with Crippen molar-refractivity contribution < 1.29 is 9.90 Å². The number of carbonyl (C=O) groups is 1. The Morgan fingerprint density at radius 2 is 1.80 bits per heavy atom. The molecule has 0 saturated carbocycles. The van der Waals surface area contributed by atoms with Crippen LogP contribution in [0.15, 0.2) is 48.5 Å². The molecule has 0 heterocycles. The van der Waals surface area contributed by atoms with Crippen molar-refractivity contribution in [1.82, 2.24) is 0 Å². The molecule has 2 aromatic carbocycles. The van der Waals surface area contributed by atoms with Crippen molar-refractivity contribution in [3.63, 3.8) is 0 Å². The molecule has 104 valence electrons. The summed E-state index contributed by atoms with van der Waals surface area (Å²) in [4.78, 5) is 11.1. The third-order valence-electron chi connectivity index (χ3n) is 2.70. The summed E-state index contributed by atoms with van der Waals surface area (Å²) in [7, 11) is 0. The average molecular weight is 291 g/mol. The van der Waals surface area contributed by atoms with Gasteiger partial charge in [0.05, 0.1) is 0 Å². The zero-order valence-electron chi connectivity index (χ0n) is 10.8. The molecule has 20 heavy (non-hydrogen) atoms. The summed E-state index contributed by atoms with van der Waals surface area (Å²) < 4.78 is 0. The van der Waals surface area contributed by atoms with E-state index in [0.717, 1.165) is 11.3 Å². The van der Waals surface area contributed by atoms with Crippen LogP contribution in [0.25, 0.3) is 0 Å². The number of benzene rings is 2. The summed E-state index contributed by atoms with van der Waals surface area (Å²) >= 11 is 5.83. The second-order valence-corrected chi connectivity index (χ2v) is 4.70. The van der Waals surface area contributed by atoms with E-state index in [1.807, 2.05) is 42.5 Å². The molecule has 0 aliphatic heterocycles. The Morgan fingerprint density at radius 3 is 2.50 bits per heavy atom. The Kier molecular flexibility index (Phi) is 4.98. The van der Waals surface area contributed by atoms with Crippen molar-refractivity contribution in [2.45, 2.75) is 6.54 Å². The van der Waals surface area contributed by atoms with Gasteiger partial charge in [-0.15, -0.1) is 0 Å². The Labute approximate surface area is 122 Å². The van der Waals surface area contributed by atoms with E-state index in [4.69, 9.17) is 16.7 Å². The summed E-state index contributed by atoms with van der Waals surface area (Å²) in [6.45, 7) is 0.136. The number of anilines is 2. The number of rotatable bonds is 5. The van der Waals surface area contributed by atoms with Gasteiger partial charge < -0.3 is 15.7 Å². The highest BCUT2D eigenvalue weighted by molar-refractivity contribution is 6.30. The predicted molar refractivity (Wildman–Crippen MR) is 80.9 cm³/mol. The van der Waals surface area contributed by atoms with Gasteiger partial charge in [-0.1, -0.05) is 29.8 Å². The van der Waals surface area contributed by atoms with Gasteiger partial charge in [-0.3, -0.25) is 4.79 Å². The molecule has 0 aliphatic rings. The summed E-state index contributed by atoms with van der Waals surface area (Å²) in [6.07, 6.45) is 0. The topological polar surface area (TPSA) is 61.4 Å². The molecule has 0 fully saturated rings. The molecule has 2 aromatic rings. The normalized spacial score (nSPS) is 10.1. The first kappa shape index (κ1) is 14.4. The Hall–Kier alpha value is -2.04. The fraction of sp³-hybridized carbons (Fsp3) is 0.133. The molecule has 0 bridgehead atoms. The van der Waals surface area contributed by atoms with E-state index in [1.54, 1.807) is 6.07 Å². The minimum atomic E-state index is -0.525. The number of hydrogen-bond acceptors (Lipinski definition) is 3. The molecule has 4 nitrogen and oxygen atoms in total. The first-order chi connectivity index (χ1) is 9.67. The van der Waals surface area contributed by atoms with Crippen molar-refractivity contribution in [3.05, 3.63) is 59.1 Å². The largest absolute Gasteiger partial charge is 0.387 e. The van der Waals surface area contributed by atoms with Crippen LogP contribution in [-0.4, -0.2) is 17.6 Å². The quantitative estimate of drug-likeness (QED) is 0.793. The highest BCUT2D eigenvalue weighted by atomic mass is 35.5. The van der Waals surface area contributed by atoms with Crippen LogP contribution in [0.2, 0.25) is 5.02 Å². The molecular weight excluding hydrogens is 276 g/mol. The van der Waals surface area contributed by atoms with Crippen molar-refractivity contribution in [3.8, 4) is 0 Å². The molecular formula is C15H15ClN2O2. The number of carbonyl (C=O) groups excluding carboxylic acids is 1. The van der Waals surface area contributed by atoms with Crippen molar-refractivity contribution in [2.75, 3.05) is 17.2 Å². The maximum atomic E-state index is 11.1. The fourth-order valence-electron chi connectivity index (χ4n) is 1.71. The van der Waals surface area contributed by atoms with Gasteiger partial charge in [-0.2, -0.15) is 0 Å². The number of hydrogen-bond donors (Lipinski definition) is 3. The molecule has 0 saturated heterocycles. The summed E-state index contributed by atoms with van der Waals surface area (Å²) in [5, 5.41) is 15.3. The van der Waals surface area contributed by atoms with Crippen LogP contribution >= 0.6 is 11.6 Å². The smallest absolute Gasteiger partial charge is 0.250 e. The van der Waals surface area contributed by atoms with E-state index < -0.39 is 12.5 Å². The second-order valence-electron chi connectivity index (χ2n) is 4.27. The highest BCUT2D eigenvalue weighted by Crippen LogP contribution is 2.16. The molecule has 0 unspecified atom stereocenters. The van der Waals surface area contributed by atoms with Crippen molar-refractivity contribution in [2.24, 2.45) is 0 Å². The SMILES string of the molecule is O=C(CO)Nc1cccc(NCc2ccc(Cl)cc2)c1. The maximum absolute atomic E-state index is 11.1. The van der Waals surface area contributed by atoms with Crippen LogP contribution in [0, 0.1) is 0 Å². The third-order valence-corrected chi connectivity index (χ3v) is 2.95. The maximum Gasteiger partial charge on any atom is 0.250 e. The zero-order chi connectivity index (χ0) is 14.4. The number of aliphatic hydroxyl groups is 1. The van der Waals surface area contributed by atoms with Crippen molar-refractivity contribution in [1.29, 1.82) is 0 Å². The minimum Gasteiger partial charge on any atom is -0.387 e. The summed E-state index contributed by atoms with van der Waals surface area (Å²) in [5.41, 5.74) is 2.64. The van der Waals surface area contributed by atoms with Gasteiger partial charge in [0.15, 0.2) is 0 Å². The summed E-state index contributed by atoms with van der Waals surface area (Å²) in [5.74, 6) is -0.431. The first-order valence-corrected chi connectivity index (χ1v) is 6.54. The lowest BCUT2D eigenvalue weighted by Crippen LogP contribution is -2.15. The Morgan fingerprint density at radius 1 is 1.10 bits per heavy atom. The molecule has 0 atom stereocenters. The van der Waals surface area contributed by atoms with E-state index in [2.05, 4.69) is 10.6 Å². The number of aliphatic hydroxyl groups excluding tert-OH is 1. The van der Waals surface area contributed by atoms with Crippen LogP contribution in [0.3, 0.4) is 0 Å². The van der Waals surface area contributed by atoms with Gasteiger partial charge in [0.25, 0.3) is 0 Å². The first-order valence-electron chi connectivity index (χ1n) is 6.16. The average Bonchev–Trinajstić information content (AvgIpc) is 2.47. The van der Waals surface area contributed by atoms with Gasteiger partial charge >= 0.3 is 0 Å². The fourth-order valence-corrected chi connectivity index (χ4v) is 1.84. The van der Waals surface area contributed by atoms with Gasteiger partial charge in [-0.25, -0.2) is 0 Å². The van der Waals surface area contributed by atoms with Crippen LogP contribution in [0.5, 0.6) is 0 Å². The standard InChI is InChI=1S/C15H15ClN2O2/c16-12-6-4-11(5-7-12)9-17-13-2-1-3-14(8-13)18-15(20)10-19/h1-8,17,19H,9-10H2,(H,18,20). The van der Waals surface area contributed by atoms with Gasteiger partial charge in [0.1, 0.15) is 6.61 Å². The number of halogens is 1. The lowest BCUT2D eigenvalue weighted by atomic mass is 10.2. The minimum absolute atomic E-state index is 0.431. The second kappa shape index (κ2) is 6.93. The monoisotopic (exact) mass is 290 g/mol. The van der Waals surface area contributed by atoms with Crippen molar-refractivity contribution >= 4 is 28.9 Å². The van der Waals surface area contributed by atoms with Crippen LogP contribution in [0.1, 0.15) is 5.56 Å². The lowest BCUT2D eigenvalue weighted by Gasteiger charge is -2.09. The van der Waals surface area contributed by atoms with E-state index >= 15 is 0 Å². The molecule has 3 N–H and O–H groups in total. The van der Waals surface area contributed by atoms with Gasteiger partial charge in [-0.05, 0) is 35.9 Å². The van der Waals surface area contributed by atoms with Crippen LogP contribution in [0.4, 0.5) is 11.4 Å². The zero-order valence-corrected chi connectivity index (χ0v) is 11.5. The van der Waals surface area contributed by atoms with Crippen LogP contribution < -0.4 is 10.6 Å². The Balaban J connectivity index is 1.97. The lowest BCUT2D eigenvalue weighted by molar-refractivity contribution is -0.118. The molecule has 2 rings (SSSR count). The van der Waals surface area contributed by atoms with E-state index in [9.17, 15) is 4.79 Å². The molecule has 0 spiro atoms. The third kappa shape index (κ3) is 4.26. The molecule has 0 radical (unpaired) electrons. The van der Waals surface area contributed by atoms with Gasteiger partial charge in [0, 0.05) is 22.9 Å². The molecule has 0 aromatic heterocycles. The molecule has 5 heteroatoms. The Bertz CT molecular complexity index is 585. The molecule has 1 amide bonds. The van der Waals surface area contributed by atoms with E-state index in [0.29, 0.717) is 17.3 Å². The highest BCUT2D eigenvalue weighted by Gasteiger charge is 2.01. The summed E-state index contributed by atoms with van der Waals surface area (Å²) in [6, 6.07) is 14.9. The number of nitrogens with one attached hydrogen (secondary N) is 2. The van der Waals surface area contributed by atoms with E-state index in [-0.39, 0.29) is 0 Å². The predicted octanol–water partition coefficient (Wildman–Crippen LogP) is 2.88. The van der Waals surface area contributed by atoms with Gasteiger partial charge in [0.2, 0.25) is 5.91 Å². The van der Waals surface area contributed by atoms with Crippen LogP contribution in [-0.2, 0) is 11.3 Å². The number of amides is 1. The molecule has 0 aliphatic carbocycles.